The molecule has 2 aromatic heterocycles. The third-order valence-corrected chi connectivity index (χ3v) is 6.26. The van der Waals surface area contributed by atoms with Gasteiger partial charge in [-0.3, -0.25) is 18.7 Å². The molecule has 4 aromatic rings. The predicted octanol–water partition coefficient (Wildman–Crippen LogP) is 4.35. The van der Waals surface area contributed by atoms with E-state index >= 15 is 0 Å². The van der Waals surface area contributed by atoms with E-state index in [9.17, 15) is 14.7 Å². The summed E-state index contributed by atoms with van der Waals surface area (Å²) in [4.78, 5) is 30.6. The molecule has 0 amide bonds. The highest BCUT2D eigenvalue weighted by Gasteiger charge is 2.22. The molecule has 192 valence electrons. The van der Waals surface area contributed by atoms with E-state index in [4.69, 9.17) is 9.47 Å². The van der Waals surface area contributed by atoms with E-state index in [1.165, 1.54) is 24.9 Å². The van der Waals surface area contributed by atoms with Crippen molar-refractivity contribution in [1.29, 1.82) is 0 Å². The van der Waals surface area contributed by atoms with E-state index in [2.05, 4.69) is 11.9 Å². The predicted molar refractivity (Wildman–Crippen MR) is 143 cm³/mol. The molecule has 8 heteroatoms. The van der Waals surface area contributed by atoms with E-state index in [1.54, 1.807) is 35.0 Å². The van der Waals surface area contributed by atoms with Crippen LogP contribution in [0.2, 0.25) is 0 Å². The van der Waals surface area contributed by atoms with Crippen LogP contribution in [0, 0.1) is 6.92 Å². The number of unbranched alkanes of at least 4 members (excludes halogenated alkanes) is 1. The van der Waals surface area contributed by atoms with Crippen LogP contribution in [0.15, 0.2) is 70.4 Å². The number of benzene rings is 2. The van der Waals surface area contributed by atoms with Crippen molar-refractivity contribution >= 4 is 0 Å². The minimum Gasteiger partial charge on any atom is -0.494 e. The molecule has 0 saturated carbocycles. The summed E-state index contributed by atoms with van der Waals surface area (Å²) in [6.07, 6.45) is 4.13. The normalized spacial score (nSPS) is 10.9. The molecule has 0 aliphatic rings. The number of pyridine rings is 1. The molecule has 4 rings (SSSR count). The Labute approximate surface area is 215 Å². The van der Waals surface area contributed by atoms with Crippen LogP contribution in [-0.4, -0.2) is 33.4 Å². The monoisotopic (exact) mass is 501 g/mol. The minimum atomic E-state index is -0.389. The first-order valence-electron chi connectivity index (χ1n) is 12.2. The van der Waals surface area contributed by atoms with Crippen LogP contribution in [0.5, 0.6) is 17.4 Å². The number of aromatic nitrogens is 3. The van der Waals surface area contributed by atoms with Gasteiger partial charge in [0.05, 0.1) is 19.8 Å². The molecule has 0 bridgehead atoms. The highest BCUT2D eigenvalue weighted by molar-refractivity contribution is 5.58. The van der Waals surface area contributed by atoms with Crippen molar-refractivity contribution in [2.24, 2.45) is 0 Å². The van der Waals surface area contributed by atoms with Gasteiger partial charge in [0.25, 0.3) is 11.1 Å². The van der Waals surface area contributed by atoms with Crippen LogP contribution in [0.3, 0.4) is 0 Å². The van der Waals surface area contributed by atoms with Crippen molar-refractivity contribution in [2.45, 2.75) is 39.5 Å². The molecule has 0 aliphatic heterocycles. The van der Waals surface area contributed by atoms with E-state index in [-0.39, 0.29) is 29.0 Å². The van der Waals surface area contributed by atoms with Crippen LogP contribution in [0.4, 0.5) is 0 Å². The first kappa shape index (κ1) is 25.8. The van der Waals surface area contributed by atoms with Crippen molar-refractivity contribution in [1.82, 2.24) is 14.1 Å². The van der Waals surface area contributed by atoms with Gasteiger partial charge in [-0.15, -0.1) is 0 Å². The second-order valence-electron chi connectivity index (χ2n) is 8.84. The maximum atomic E-state index is 13.9. The van der Waals surface area contributed by atoms with Crippen LogP contribution in [-0.2, 0) is 12.8 Å². The first-order valence-corrected chi connectivity index (χ1v) is 12.2. The molecule has 2 heterocycles. The SMILES string of the molecule is CCCCc1nc(O)c(Cc2ccc(-n3cc(C)ccc3=O)cc2)c(=O)n1-c1c(OC)cccc1OC. The molecule has 2 aromatic carbocycles. The highest BCUT2D eigenvalue weighted by atomic mass is 16.5. The molecular weight excluding hydrogens is 470 g/mol. The van der Waals surface area contributed by atoms with E-state index in [0.29, 0.717) is 35.1 Å². The molecule has 1 N–H and O–H groups in total. The third kappa shape index (κ3) is 5.28. The Morgan fingerprint density at radius 2 is 1.62 bits per heavy atom. The fourth-order valence-corrected chi connectivity index (χ4v) is 4.30. The largest absolute Gasteiger partial charge is 0.494 e. The summed E-state index contributed by atoms with van der Waals surface area (Å²) < 4.78 is 14.2. The van der Waals surface area contributed by atoms with Gasteiger partial charge in [0, 0.05) is 30.8 Å². The van der Waals surface area contributed by atoms with Gasteiger partial charge >= 0.3 is 0 Å². The molecule has 0 radical (unpaired) electrons. The highest BCUT2D eigenvalue weighted by Crippen LogP contribution is 2.33. The quantitative estimate of drug-likeness (QED) is 0.366. The minimum absolute atomic E-state index is 0.128. The molecule has 0 spiro atoms. The standard InChI is InChI=1S/C29H31N3O5/c1-5-6-10-25-30-28(34)22(29(35)32(25)27-23(36-3)8-7-9-24(27)37-4)17-20-12-14-21(15-13-20)31-18-19(2)11-16-26(31)33/h7-9,11-16,18,34H,5-6,10,17H2,1-4H3. The first-order chi connectivity index (χ1) is 17.9. The number of aryl methyl sites for hydroxylation is 2. The van der Waals surface area contributed by atoms with Crippen molar-refractivity contribution in [3.05, 3.63) is 104 Å². The summed E-state index contributed by atoms with van der Waals surface area (Å²) in [7, 11) is 3.07. The zero-order chi connectivity index (χ0) is 26.5. The number of rotatable bonds is 9. The summed E-state index contributed by atoms with van der Waals surface area (Å²) in [6.45, 7) is 3.97. The van der Waals surface area contributed by atoms with Gasteiger partial charge in [-0.05, 0) is 48.7 Å². The Kier molecular flexibility index (Phi) is 7.77. The smallest absolute Gasteiger partial charge is 0.265 e. The number of hydrogen-bond donors (Lipinski definition) is 1. The molecule has 0 unspecified atom stereocenters. The summed E-state index contributed by atoms with van der Waals surface area (Å²) in [5.74, 6) is 1.07. The van der Waals surface area contributed by atoms with Crippen LogP contribution < -0.4 is 20.6 Å². The van der Waals surface area contributed by atoms with Gasteiger partial charge in [0.1, 0.15) is 23.0 Å². The summed E-state index contributed by atoms with van der Waals surface area (Å²) in [5.41, 5.74) is 2.57. The fourth-order valence-electron chi connectivity index (χ4n) is 4.30. The third-order valence-electron chi connectivity index (χ3n) is 6.26. The molecule has 8 nitrogen and oxygen atoms in total. The van der Waals surface area contributed by atoms with E-state index in [0.717, 1.165) is 24.0 Å². The number of methoxy groups -OCH3 is 2. The van der Waals surface area contributed by atoms with Crippen molar-refractivity contribution in [2.75, 3.05) is 14.2 Å². The number of para-hydroxylation sites is 1. The molecule has 0 atom stereocenters. The topological polar surface area (TPSA) is 95.6 Å². The Morgan fingerprint density at radius 1 is 0.946 bits per heavy atom. The maximum absolute atomic E-state index is 13.9. The lowest BCUT2D eigenvalue weighted by molar-refractivity contribution is 0.387. The number of ether oxygens (including phenoxy) is 2. The van der Waals surface area contributed by atoms with Crippen LogP contribution in [0.1, 0.15) is 42.3 Å². The molecule has 0 fully saturated rings. The lowest BCUT2D eigenvalue weighted by Crippen LogP contribution is -2.28. The number of nitrogens with zero attached hydrogens (tertiary/aromatic N) is 3. The Balaban J connectivity index is 1.81. The lowest BCUT2D eigenvalue weighted by atomic mass is 10.1. The van der Waals surface area contributed by atoms with Crippen LogP contribution >= 0.6 is 0 Å². The van der Waals surface area contributed by atoms with Gasteiger partial charge in [0.15, 0.2) is 0 Å². The van der Waals surface area contributed by atoms with E-state index in [1.807, 2.05) is 31.2 Å². The van der Waals surface area contributed by atoms with Gasteiger partial charge in [0.2, 0.25) is 5.88 Å². The second-order valence-corrected chi connectivity index (χ2v) is 8.84. The summed E-state index contributed by atoms with van der Waals surface area (Å²) in [6, 6.07) is 15.9. The molecule has 0 aliphatic carbocycles. The van der Waals surface area contributed by atoms with E-state index < -0.39 is 0 Å². The Morgan fingerprint density at radius 3 is 2.24 bits per heavy atom. The Hall–Kier alpha value is -4.33. The molecule has 0 saturated heterocycles. The second kappa shape index (κ2) is 11.2. The van der Waals surface area contributed by atoms with Crippen molar-refractivity contribution in [3.8, 4) is 28.8 Å². The summed E-state index contributed by atoms with van der Waals surface area (Å²) in [5, 5.41) is 10.8. The maximum Gasteiger partial charge on any atom is 0.265 e. The van der Waals surface area contributed by atoms with Gasteiger partial charge < -0.3 is 14.6 Å². The van der Waals surface area contributed by atoms with Crippen molar-refractivity contribution < 1.29 is 14.6 Å². The van der Waals surface area contributed by atoms with Gasteiger partial charge in [-0.1, -0.05) is 37.6 Å². The fraction of sp³-hybridized carbons (Fsp3) is 0.276. The molecule has 37 heavy (non-hydrogen) atoms. The number of hydrogen-bond acceptors (Lipinski definition) is 6. The number of aromatic hydroxyl groups is 1. The zero-order valence-electron chi connectivity index (χ0n) is 21.5. The Bertz CT molecular complexity index is 1500. The average Bonchev–Trinajstić information content (AvgIpc) is 2.91. The summed E-state index contributed by atoms with van der Waals surface area (Å²) >= 11 is 0. The van der Waals surface area contributed by atoms with Crippen molar-refractivity contribution in [3.63, 3.8) is 0 Å². The molecular formula is C29H31N3O5. The zero-order valence-corrected chi connectivity index (χ0v) is 21.5. The van der Waals surface area contributed by atoms with Gasteiger partial charge in [-0.25, -0.2) is 0 Å². The van der Waals surface area contributed by atoms with Gasteiger partial charge in [-0.2, -0.15) is 4.98 Å². The van der Waals surface area contributed by atoms with Crippen LogP contribution in [0.25, 0.3) is 11.4 Å². The average molecular weight is 502 g/mol. The lowest BCUT2D eigenvalue weighted by Gasteiger charge is -2.19.